The molecule has 0 saturated carbocycles. The molecule has 25 heavy (non-hydrogen) atoms. The van der Waals surface area contributed by atoms with E-state index in [1.54, 1.807) is 30.1 Å². The number of benzene rings is 1. The molecule has 1 atom stereocenters. The van der Waals surface area contributed by atoms with Crippen LogP contribution in [0.5, 0.6) is 11.5 Å². The van der Waals surface area contributed by atoms with E-state index in [2.05, 4.69) is 15.6 Å². The summed E-state index contributed by atoms with van der Waals surface area (Å²) in [5.41, 5.74) is 0.800. The molecule has 0 aliphatic carbocycles. The molecule has 3 heterocycles. The van der Waals surface area contributed by atoms with Crippen LogP contribution >= 0.6 is 0 Å². The van der Waals surface area contributed by atoms with Crippen molar-refractivity contribution in [1.82, 2.24) is 14.9 Å². The Morgan fingerprint density at radius 2 is 2.20 bits per heavy atom. The summed E-state index contributed by atoms with van der Waals surface area (Å²) in [5.74, 6) is 1.70. The molecule has 128 valence electrons. The molecule has 4 rings (SSSR count). The lowest BCUT2D eigenvalue weighted by atomic mass is 10.2. The number of nitrogens with zero attached hydrogens (tertiary/aromatic N) is 3. The molecular formula is C17H16N4O4. The first-order chi connectivity index (χ1) is 12.2. The fourth-order valence-corrected chi connectivity index (χ4v) is 2.56. The second-order valence-corrected chi connectivity index (χ2v) is 5.73. The third kappa shape index (κ3) is 3.32. The molecule has 8 heteroatoms. The molecule has 0 fully saturated rings. The van der Waals surface area contributed by atoms with Gasteiger partial charge in [-0.2, -0.15) is 5.10 Å². The number of carbonyl (C=O) groups is 1. The van der Waals surface area contributed by atoms with Crippen LogP contribution in [0.3, 0.4) is 0 Å². The Morgan fingerprint density at radius 3 is 3.00 bits per heavy atom. The number of hydrogen-bond donors (Lipinski definition) is 1. The lowest BCUT2D eigenvalue weighted by Gasteiger charge is -2.26. The summed E-state index contributed by atoms with van der Waals surface area (Å²) in [6, 6.07) is 9.12. The molecule has 1 aliphatic rings. The number of ether oxygens (including phenoxy) is 2. The number of fused-ring (bicyclic) bond motifs is 1. The summed E-state index contributed by atoms with van der Waals surface area (Å²) in [5, 5.41) is 10.7. The van der Waals surface area contributed by atoms with E-state index in [1.165, 1.54) is 0 Å². The van der Waals surface area contributed by atoms with Gasteiger partial charge in [0.25, 0.3) is 5.91 Å². The van der Waals surface area contributed by atoms with E-state index in [0.717, 1.165) is 11.5 Å². The predicted molar refractivity (Wildman–Crippen MR) is 87.8 cm³/mol. The van der Waals surface area contributed by atoms with Gasteiger partial charge in [0.1, 0.15) is 12.4 Å². The van der Waals surface area contributed by atoms with Crippen LogP contribution in [0, 0.1) is 6.92 Å². The van der Waals surface area contributed by atoms with Crippen LogP contribution in [0.1, 0.15) is 16.2 Å². The average molecular weight is 340 g/mol. The highest BCUT2D eigenvalue weighted by Gasteiger charge is 2.21. The minimum Gasteiger partial charge on any atom is -0.486 e. The second kappa shape index (κ2) is 6.31. The molecule has 0 spiro atoms. The molecular weight excluding hydrogens is 324 g/mol. The normalized spacial score (nSPS) is 15.8. The zero-order valence-corrected chi connectivity index (χ0v) is 13.5. The van der Waals surface area contributed by atoms with Gasteiger partial charge in [0, 0.05) is 12.3 Å². The van der Waals surface area contributed by atoms with Gasteiger partial charge in [-0.15, -0.1) is 0 Å². The Morgan fingerprint density at radius 1 is 1.36 bits per heavy atom. The largest absolute Gasteiger partial charge is 0.486 e. The Kier molecular flexibility index (Phi) is 3.85. The van der Waals surface area contributed by atoms with Crippen LogP contribution in [-0.2, 0) is 6.54 Å². The molecule has 1 amide bonds. The topological polar surface area (TPSA) is 91.4 Å². The fraction of sp³-hybridized carbons (Fsp3) is 0.235. The number of carbonyl (C=O) groups excluding carboxylic acids is 1. The zero-order valence-electron chi connectivity index (χ0n) is 13.5. The lowest BCUT2D eigenvalue weighted by molar-refractivity contribution is 0.0759. The van der Waals surface area contributed by atoms with Crippen molar-refractivity contribution in [3.05, 3.63) is 54.2 Å². The minimum absolute atomic E-state index is 0.156. The maximum Gasteiger partial charge on any atom is 0.277 e. The highest BCUT2D eigenvalue weighted by Crippen LogP contribution is 2.31. The third-order valence-corrected chi connectivity index (χ3v) is 3.71. The fourth-order valence-electron chi connectivity index (χ4n) is 2.56. The van der Waals surface area contributed by atoms with E-state index in [9.17, 15) is 4.79 Å². The van der Waals surface area contributed by atoms with Gasteiger partial charge in [-0.05, 0) is 19.1 Å². The quantitative estimate of drug-likeness (QED) is 0.783. The SMILES string of the molecule is Cc1cc(C(=O)Nc2cnn(C[C@@H]3COc4ccccc4O3)c2)no1. The van der Waals surface area contributed by atoms with Crippen molar-refractivity contribution in [2.24, 2.45) is 0 Å². The monoisotopic (exact) mass is 340 g/mol. The maximum atomic E-state index is 12.0. The zero-order chi connectivity index (χ0) is 17.2. The third-order valence-electron chi connectivity index (χ3n) is 3.71. The Balaban J connectivity index is 1.38. The molecule has 0 radical (unpaired) electrons. The van der Waals surface area contributed by atoms with E-state index < -0.39 is 0 Å². The van der Waals surface area contributed by atoms with Crippen molar-refractivity contribution in [1.29, 1.82) is 0 Å². The number of para-hydroxylation sites is 2. The molecule has 0 bridgehead atoms. The van der Waals surface area contributed by atoms with Gasteiger partial charge >= 0.3 is 0 Å². The number of aromatic nitrogens is 3. The summed E-state index contributed by atoms with van der Waals surface area (Å²) in [6.45, 7) is 2.68. The number of amides is 1. The van der Waals surface area contributed by atoms with Gasteiger partial charge < -0.3 is 19.3 Å². The van der Waals surface area contributed by atoms with Gasteiger partial charge in [-0.25, -0.2) is 0 Å². The number of anilines is 1. The highest BCUT2D eigenvalue weighted by atomic mass is 16.6. The van der Waals surface area contributed by atoms with Crippen LogP contribution in [-0.4, -0.2) is 33.6 Å². The highest BCUT2D eigenvalue weighted by molar-refractivity contribution is 6.02. The second-order valence-electron chi connectivity index (χ2n) is 5.73. The minimum atomic E-state index is -0.345. The van der Waals surface area contributed by atoms with Crippen LogP contribution < -0.4 is 14.8 Å². The number of nitrogens with one attached hydrogen (secondary N) is 1. The summed E-state index contributed by atoms with van der Waals surface area (Å²) in [6.07, 6.45) is 3.15. The van der Waals surface area contributed by atoms with Crippen LogP contribution in [0.15, 0.2) is 47.2 Å². The number of hydrogen-bond acceptors (Lipinski definition) is 6. The van der Waals surface area contributed by atoms with Gasteiger partial charge in [-0.3, -0.25) is 9.48 Å². The summed E-state index contributed by atoms with van der Waals surface area (Å²) in [7, 11) is 0. The van der Waals surface area contributed by atoms with Crippen molar-refractivity contribution < 1.29 is 18.8 Å². The van der Waals surface area contributed by atoms with Crippen molar-refractivity contribution in [2.75, 3.05) is 11.9 Å². The lowest BCUT2D eigenvalue weighted by Crippen LogP contribution is -2.33. The summed E-state index contributed by atoms with van der Waals surface area (Å²) in [4.78, 5) is 12.0. The Bertz CT molecular complexity index is 901. The van der Waals surface area contributed by atoms with Crippen molar-refractivity contribution in [2.45, 2.75) is 19.6 Å². The van der Waals surface area contributed by atoms with Crippen LogP contribution in [0.2, 0.25) is 0 Å². The van der Waals surface area contributed by atoms with Crippen molar-refractivity contribution >= 4 is 11.6 Å². The maximum absolute atomic E-state index is 12.0. The molecule has 0 saturated heterocycles. The standard InChI is InChI=1S/C17H16N4O4/c1-11-6-14(20-25-11)17(22)19-12-7-18-21(8-12)9-13-10-23-15-4-2-3-5-16(15)24-13/h2-8,13H,9-10H2,1H3,(H,19,22)/t13-/m1/s1. The van der Waals surface area contributed by atoms with Crippen LogP contribution in [0.25, 0.3) is 0 Å². The Hall–Kier alpha value is -3.29. The van der Waals surface area contributed by atoms with Gasteiger partial charge in [0.15, 0.2) is 23.3 Å². The number of rotatable bonds is 4. The van der Waals surface area contributed by atoms with E-state index in [-0.39, 0.29) is 17.7 Å². The molecule has 2 aromatic heterocycles. The van der Waals surface area contributed by atoms with Crippen molar-refractivity contribution in [3.63, 3.8) is 0 Å². The van der Waals surface area contributed by atoms with Gasteiger partial charge in [-0.1, -0.05) is 17.3 Å². The smallest absolute Gasteiger partial charge is 0.277 e. The molecule has 0 unspecified atom stereocenters. The first-order valence-electron chi connectivity index (χ1n) is 7.83. The van der Waals surface area contributed by atoms with E-state index in [4.69, 9.17) is 14.0 Å². The van der Waals surface area contributed by atoms with E-state index >= 15 is 0 Å². The van der Waals surface area contributed by atoms with Crippen molar-refractivity contribution in [3.8, 4) is 11.5 Å². The summed E-state index contributed by atoms with van der Waals surface area (Å²) < 4.78 is 18.2. The molecule has 3 aromatic rings. The molecule has 1 aliphatic heterocycles. The number of aryl methyl sites for hydroxylation is 1. The molecule has 1 N–H and O–H groups in total. The molecule has 8 nitrogen and oxygen atoms in total. The Labute approximate surface area is 143 Å². The first-order valence-corrected chi connectivity index (χ1v) is 7.83. The summed E-state index contributed by atoms with van der Waals surface area (Å²) >= 11 is 0. The first kappa shape index (κ1) is 15.3. The van der Waals surface area contributed by atoms with Gasteiger partial charge in [0.05, 0.1) is 18.4 Å². The van der Waals surface area contributed by atoms with E-state index in [1.807, 2.05) is 24.3 Å². The van der Waals surface area contributed by atoms with Gasteiger partial charge in [0.2, 0.25) is 0 Å². The van der Waals surface area contributed by atoms with E-state index in [0.29, 0.717) is 24.6 Å². The van der Waals surface area contributed by atoms with Crippen LogP contribution in [0.4, 0.5) is 5.69 Å². The predicted octanol–water partition coefficient (Wildman–Crippen LogP) is 2.27. The average Bonchev–Trinajstić information content (AvgIpc) is 3.24. The molecule has 1 aromatic carbocycles.